The summed E-state index contributed by atoms with van der Waals surface area (Å²) in [6.45, 7) is 8.30. The molecular formula is C16H23N3O3. The van der Waals surface area contributed by atoms with Gasteiger partial charge in [0, 0.05) is 19.3 Å². The number of nitrogens with zero attached hydrogens (tertiary/aromatic N) is 2. The average molecular weight is 305 g/mol. The van der Waals surface area contributed by atoms with Crippen LogP contribution >= 0.6 is 0 Å². The summed E-state index contributed by atoms with van der Waals surface area (Å²) in [5, 5.41) is 2.83. The summed E-state index contributed by atoms with van der Waals surface area (Å²) in [6.07, 6.45) is 1.91. The van der Waals surface area contributed by atoms with Crippen molar-refractivity contribution in [3.63, 3.8) is 0 Å². The Morgan fingerprint density at radius 2 is 2.14 bits per heavy atom. The molecule has 1 unspecified atom stereocenters. The number of hydrogen-bond acceptors (Lipinski definition) is 4. The fourth-order valence-electron chi connectivity index (χ4n) is 2.30. The smallest absolute Gasteiger partial charge is 0.410 e. The summed E-state index contributed by atoms with van der Waals surface area (Å²) in [5.74, 6) is 0.241. The number of carbonyl (C=O) groups excluding carboxylic acids is 2. The lowest BCUT2D eigenvalue weighted by Gasteiger charge is -2.24. The summed E-state index contributed by atoms with van der Waals surface area (Å²) in [6, 6.07) is 3.72. The maximum atomic E-state index is 12.3. The Hall–Kier alpha value is -2.11. The minimum atomic E-state index is -0.525. The second-order valence-corrected chi connectivity index (χ2v) is 6.57. The zero-order valence-corrected chi connectivity index (χ0v) is 13.5. The van der Waals surface area contributed by atoms with Gasteiger partial charge in [-0.2, -0.15) is 0 Å². The lowest BCUT2D eigenvalue weighted by molar-refractivity contribution is -0.119. The van der Waals surface area contributed by atoms with Crippen LogP contribution in [0.25, 0.3) is 0 Å². The van der Waals surface area contributed by atoms with E-state index in [0.29, 0.717) is 25.3 Å². The van der Waals surface area contributed by atoms with Crippen LogP contribution in [0.2, 0.25) is 0 Å². The van der Waals surface area contributed by atoms with Gasteiger partial charge in [-0.1, -0.05) is 6.07 Å². The van der Waals surface area contributed by atoms with E-state index in [9.17, 15) is 9.59 Å². The zero-order chi connectivity index (χ0) is 16.3. The van der Waals surface area contributed by atoms with Gasteiger partial charge < -0.3 is 15.0 Å². The summed E-state index contributed by atoms with van der Waals surface area (Å²) < 4.78 is 5.33. The minimum Gasteiger partial charge on any atom is -0.444 e. The van der Waals surface area contributed by atoms with Crippen LogP contribution in [0.1, 0.15) is 32.8 Å². The van der Waals surface area contributed by atoms with Crippen molar-refractivity contribution in [2.24, 2.45) is 5.92 Å². The van der Waals surface area contributed by atoms with Crippen LogP contribution in [0.4, 0.5) is 10.6 Å². The lowest BCUT2D eigenvalue weighted by atomic mass is 10.1. The molecule has 1 aliphatic heterocycles. The standard InChI is InChI=1S/C16H23N3O3/c1-11-6-5-8-17-13(11)18-14(20)12-7-9-19(10-12)15(21)22-16(2,3)4/h5-6,8,12H,7,9-10H2,1-4H3,(H,17,18,20). The molecular weight excluding hydrogens is 282 g/mol. The third-order valence-corrected chi connectivity index (χ3v) is 3.46. The highest BCUT2D eigenvalue weighted by atomic mass is 16.6. The van der Waals surface area contributed by atoms with Crippen molar-refractivity contribution in [3.05, 3.63) is 23.9 Å². The highest BCUT2D eigenvalue weighted by Crippen LogP contribution is 2.21. The van der Waals surface area contributed by atoms with Crippen LogP contribution in [0.15, 0.2) is 18.3 Å². The maximum absolute atomic E-state index is 12.3. The Morgan fingerprint density at radius 1 is 1.41 bits per heavy atom. The second kappa shape index (κ2) is 6.34. The number of anilines is 1. The van der Waals surface area contributed by atoms with Crippen LogP contribution in [0.5, 0.6) is 0 Å². The topological polar surface area (TPSA) is 71.5 Å². The Morgan fingerprint density at radius 3 is 2.77 bits per heavy atom. The molecule has 0 radical (unpaired) electrons. The fraction of sp³-hybridized carbons (Fsp3) is 0.562. The molecule has 1 fully saturated rings. The highest BCUT2D eigenvalue weighted by Gasteiger charge is 2.33. The number of aryl methyl sites for hydroxylation is 1. The molecule has 1 N–H and O–H groups in total. The van der Waals surface area contributed by atoms with Crippen molar-refractivity contribution < 1.29 is 14.3 Å². The van der Waals surface area contributed by atoms with Crippen molar-refractivity contribution in [3.8, 4) is 0 Å². The number of nitrogens with one attached hydrogen (secondary N) is 1. The van der Waals surface area contributed by atoms with Crippen LogP contribution in [0.3, 0.4) is 0 Å². The SMILES string of the molecule is Cc1cccnc1NC(=O)C1CCN(C(=O)OC(C)(C)C)C1. The molecule has 120 valence electrons. The molecule has 1 atom stereocenters. The predicted molar refractivity (Wildman–Crippen MR) is 83.5 cm³/mol. The Labute approximate surface area is 130 Å². The Kier molecular flexibility index (Phi) is 4.68. The molecule has 0 aliphatic carbocycles. The van der Waals surface area contributed by atoms with E-state index >= 15 is 0 Å². The Bertz CT molecular complexity index is 566. The molecule has 0 spiro atoms. The third kappa shape index (κ3) is 4.19. The molecule has 22 heavy (non-hydrogen) atoms. The molecule has 6 nitrogen and oxygen atoms in total. The molecule has 1 aromatic heterocycles. The number of rotatable bonds is 2. The molecule has 2 heterocycles. The van der Waals surface area contributed by atoms with E-state index in [2.05, 4.69) is 10.3 Å². The van der Waals surface area contributed by atoms with Gasteiger partial charge in [-0.15, -0.1) is 0 Å². The minimum absolute atomic E-state index is 0.104. The van der Waals surface area contributed by atoms with Gasteiger partial charge in [0.15, 0.2) is 0 Å². The number of pyridine rings is 1. The van der Waals surface area contributed by atoms with Gasteiger partial charge in [0.1, 0.15) is 11.4 Å². The van der Waals surface area contributed by atoms with Crippen molar-refractivity contribution in [1.29, 1.82) is 0 Å². The van der Waals surface area contributed by atoms with Crippen molar-refractivity contribution in [2.75, 3.05) is 18.4 Å². The third-order valence-electron chi connectivity index (χ3n) is 3.46. The van der Waals surface area contributed by atoms with Gasteiger partial charge in [-0.05, 0) is 45.7 Å². The molecule has 0 aromatic carbocycles. The normalized spacial score (nSPS) is 18.2. The van der Waals surface area contributed by atoms with Gasteiger partial charge in [-0.25, -0.2) is 9.78 Å². The molecule has 1 aliphatic rings. The van der Waals surface area contributed by atoms with E-state index in [0.717, 1.165) is 5.56 Å². The number of amides is 2. The van der Waals surface area contributed by atoms with Gasteiger partial charge in [-0.3, -0.25) is 4.79 Å². The number of aromatic nitrogens is 1. The summed E-state index contributed by atoms with van der Waals surface area (Å²) >= 11 is 0. The monoisotopic (exact) mass is 305 g/mol. The second-order valence-electron chi connectivity index (χ2n) is 6.57. The van der Waals surface area contributed by atoms with Gasteiger partial charge in [0.05, 0.1) is 5.92 Å². The van der Waals surface area contributed by atoms with E-state index in [-0.39, 0.29) is 17.9 Å². The van der Waals surface area contributed by atoms with E-state index in [1.54, 1.807) is 11.1 Å². The molecule has 1 saturated heterocycles. The molecule has 1 aromatic rings. The summed E-state index contributed by atoms with van der Waals surface area (Å²) in [7, 11) is 0. The average Bonchev–Trinajstić information content (AvgIpc) is 2.89. The molecule has 0 bridgehead atoms. The summed E-state index contributed by atoms with van der Waals surface area (Å²) in [5.41, 5.74) is 0.389. The van der Waals surface area contributed by atoms with Crippen LogP contribution in [-0.4, -0.2) is 40.6 Å². The zero-order valence-electron chi connectivity index (χ0n) is 13.5. The highest BCUT2D eigenvalue weighted by molar-refractivity contribution is 5.93. The largest absolute Gasteiger partial charge is 0.444 e. The number of hydrogen-bond donors (Lipinski definition) is 1. The van der Waals surface area contributed by atoms with Crippen molar-refractivity contribution >= 4 is 17.8 Å². The van der Waals surface area contributed by atoms with Crippen molar-refractivity contribution in [1.82, 2.24) is 9.88 Å². The first-order valence-corrected chi connectivity index (χ1v) is 7.46. The van der Waals surface area contributed by atoms with E-state index in [4.69, 9.17) is 4.74 Å². The molecule has 0 saturated carbocycles. The van der Waals surface area contributed by atoms with E-state index in [1.165, 1.54) is 0 Å². The van der Waals surface area contributed by atoms with Gasteiger partial charge in [0.2, 0.25) is 5.91 Å². The molecule has 2 rings (SSSR count). The quantitative estimate of drug-likeness (QED) is 0.911. The number of ether oxygens (including phenoxy) is 1. The number of likely N-dealkylation sites (tertiary alicyclic amines) is 1. The van der Waals surface area contributed by atoms with Gasteiger partial charge >= 0.3 is 6.09 Å². The van der Waals surface area contributed by atoms with Gasteiger partial charge in [0.25, 0.3) is 0 Å². The first-order valence-electron chi connectivity index (χ1n) is 7.46. The van der Waals surface area contributed by atoms with Crippen LogP contribution < -0.4 is 5.32 Å². The van der Waals surface area contributed by atoms with Crippen LogP contribution in [-0.2, 0) is 9.53 Å². The molecule has 6 heteroatoms. The van der Waals surface area contributed by atoms with Crippen molar-refractivity contribution in [2.45, 2.75) is 39.7 Å². The summed E-state index contributed by atoms with van der Waals surface area (Å²) in [4.78, 5) is 30.0. The molecule has 2 amide bonds. The first kappa shape index (κ1) is 16.3. The maximum Gasteiger partial charge on any atom is 0.410 e. The first-order chi connectivity index (χ1) is 10.3. The Balaban J connectivity index is 1.91. The van der Waals surface area contributed by atoms with Crippen LogP contribution in [0, 0.1) is 12.8 Å². The lowest BCUT2D eigenvalue weighted by Crippen LogP contribution is -2.36. The fourth-order valence-corrected chi connectivity index (χ4v) is 2.30. The number of carbonyl (C=O) groups is 2. The van der Waals surface area contributed by atoms with E-state index < -0.39 is 5.60 Å². The predicted octanol–water partition coefficient (Wildman–Crippen LogP) is 2.59. The van der Waals surface area contributed by atoms with E-state index in [1.807, 2.05) is 39.8 Å².